The van der Waals surface area contributed by atoms with Gasteiger partial charge in [0, 0.05) is 12.0 Å². The lowest BCUT2D eigenvalue weighted by molar-refractivity contribution is -0.115. The minimum absolute atomic E-state index is 0.0777. The van der Waals surface area contributed by atoms with Gasteiger partial charge in [-0.2, -0.15) is 0 Å². The third-order valence-corrected chi connectivity index (χ3v) is 2.77. The molecule has 1 aromatic rings. The molecular weight excluding hydrogens is 272 g/mol. The zero-order valence-corrected chi connectivity index (χ0v) is 10.8. The molecule has 0 heterocycles. The normalized spacial score (nSPS) is 10.2. The van der Waals surface area contributed by atoms with E-state index in [0.717, 1.165) is 11.1 Å². The van der Waals surface area contributed by atoms with E-state index < -0.39 is 0 Å². The van der Waals surface area contributed by atoms with Gasteiger partial charge in [-0.15, -0.1) is 0 Å². The summed E-state index contributed by atoms with van der Waals surface area (Å²) in [6, 6.07) is 5.46. The second kappa shape index (κ2) is 6.66. The smallest absolute Gasteiger partial charge is 0.147 e. The molecule has 0 aliphatic carbocycles. The topological polar surface area (TPSA) is 46.5 Å². The molecule has 16 heavy (non-hydrogen) atoms. The Morgan fingerprint density at radius 1 is 1.50 bits per heavy atom. The number of halogens is 1. The third-order valence-electron chi connectivity index (χ3n) is 2.15. The van der Waals surface area contributed by atoms with Gasteiger partial charge in [0.2, 0.25) is 0 Å². The van der Waals surface area contributed by atoms with Crippen molar-refractivity contribution in [3.05, 3.63) is 29.3 Å². The molecule has 0 aliphatic heterocycles. The Morgan fingerprint density at radius 2 is 2.25 bits per heavy atom. The molecule has 1 rings (SSSR count). The summed E-state index contributed by atoms with van der Waals surface area (Å²) < 4.78 is 5.36. The highest BCUT2D eigenvalue weighted by atomic mass is 79.9. The van der Waals surface area contributed by atoms with Gasteiger partial charge in [-0.25, -0.2) is 0 Å². The molecule has 0 bridgehead atoms. The van der Waals surface area contributed by atoms with Crippen LogP contribution in [0.15, 0.2) is 18.2 Å². The molecule has 1 N–H and O–H groups in total. The van der Waals surface area contributed by atoms with Crippen LogP contribution >= 0.6 is 15.9 Å². The van der Waals surface area contributed by atoms with Crippen molar-refractivity contribution in [1.82, 2.24) is 0 Å². The van der Waals surface area contributed by atoms with Gasteiger partial charge in [-0.05, 0) is 24.6 Å². The molecule has 0 saturated heterocycles. The Kier molecular flexibility index (Phi) is 5.49. The maximum Gasteiger partial charge on any atom is 0.147 e. The average molecular weight is 287 g/mol. The van der Waals surface area contributed by atoms with Gasteiger partial charge in [0.1, 0.15) is 11.5 Å². The Labute approximate surface area is 104 Å². The van der Waals surface area contributed by atoms with Crippen LogP contribution in [0.3, 0.4) is 0 Å². The molecule has 4 heteroatoms. The number of ether oxygens (including phenoxy) is 1. The van der Waals surface area contributed by atoms with E-state index in [9.17, 15) is 9.90 Å². The van der Waals surface area contributed by atoms with Gasteiger partial charge < -0.3 is 9.84 Å². The summed E-state index contributed by atoms with van der Waals surface area (Å²) >= 11 is 3.12. The van der Waals surface area contributed by atoms with Crippen LogP contribution in [-0.2, 0) is 17.8 Å². The van der Waals surface area contributed by atoms with Crippen molar-refractivity contribution in [3.63, 3.8) is 0 Å². The number of benzene rings is 1. The Balaban J connectivity index is 2.86. The quantitative estimate of drug-likeness (QED) is 0.815. The van der Waals surface area contributed by atoms with Crippen LogP contribution in [0.25, 0.3) is 0 Å². The maximum absolute atomic E-state index is 11.3. The highest BCUT2D eigenvalue weighted by molar-refractivity contribution is 9.09. The number of alkyl halides is 1. The lowest BCUT2D eigenvalue weighted by Crippen LogP contribution is -2.05. The Morgan fingerprint density at radius 3 is 2.81 bits per heavy atom. The number of carbonyl (C=O) groups excluding carboxylic acids is 1. The molecule has 0 atom stereocenters. The largest absolute Gasteiger partial charge is 0.494 e. The first kappa shape index (κ1) is 13.2. The van der Waals surface area contributed by atoms with Gasteiger partial charge >= 0.3 is 0 Å². The number of aliphatic hydroxyl groups is 1. The first-order chi connectivity index (χ1) is 7.71. The standard InChI is InChI=1S/C12H15BrO3/c1-2-16-12-4-3-9(5-10(12)8-14)6-11(15)7-13/h3-5,14H,2,6-8H2,1H3. The van der Waals surface area contributed by atoms with E-state index in [2.05, 4.69) is 15.9 Å². The van der Waals surface area contributed by atoms with Crippen LogP contribution in [0.2, 0.25) is 0 Å². The summed E-state index contributed by atoms with van der Waals surface area (Å²) in [6.07, 6.45) is 0.380. The van der Waals surface area contributed by atoms with E-state index in [-0.39, 0.29) is 12.4 Å². The average Bonchev–Trinajstić information content (AvgIpc) is 2.31. The Hall–Kier alpha value is -0.870. The molecule has 0 spiro atoms. The molecule has 88 valence electrons. The van der Waals surface area contributed by atoms with E-state index in [4.69, 9.17) is 4.74 Å². The lowest BCUT2D eigenvalue weighted by Gasteiger charge is -2.09. The third kappa shape index (κ3) is 3.61. The van der Waals surface area contributed by atoms with Gasteiger partial charge in [0.05, 0.1) is 18.5 Å². The molecule has 1 aromatic carbocycles. The van der Waals surface area contributed by atoms with Crippen LogP contribution < -0.4 is 4.74 Å². The molecule has 0 aliphatic rings. The monoisotopic (exact) mass is 286 g/mol. The first-order valence-corrected chi connectivity index (χ1v) is 6.26. The number of ketones is 1. The zero-order valence-electron chi connectivity index (χ0n) is 9.20. The fourth-order valence-electron chi connectivity index (χ4n) is 1.44. The van der Waals surface area contributed by atoms with Crippen molar-refractivity contribution >= 4 is 21.7 Å². The van der Waals surface area contributed by atoms with Crippen LogP contribution in [0.4, 0.5) is 0 Å². The van der Waals surface area contributed by atoms with Crippen LogP contribution in [0.5, 0.6) is 5.75 Å². The molecule has 0 unspecified atom stereocenters. The minimum Gasteiger partial charge on any atom is -0.494 e. The summed E-state index contributed by atoms with van der Waals surface area (Å²) in [5.74, 6) is 0.799. The summed E-state index contributed by atoms with van der Waals surface area (Å²) in [6.45, 7) is 2.38. The summed E-state index contributed by atoms with van der Waals surface area (Å²) in [7, 11) is 0. The minimum atomic E-state index is -0.0777. The lowest BCUT2D eigenvalue weighted by atomic mass is 10.1. The fraction of sp³-hybridized carbons (Fsp3) is 0.417. The number of hydrogen-bond acceptors (Lipinski definition) is 3. The van der Waals surface area contributed by atoms with E-state index in [1.165, 1.54) is 0 Å². The predicted octanol–water partition coefficient (Wildman–Crippen LogP) is 2.08. The number of rotatable bonds is 6. The van der Waals surface area contributed by atoms with Crippen molar-refractivity contribution in [3.8, 4) is 5.75 Å². The summed E-state index contributed by atoms with van der Waals surface area (Å²) in [5, 5.41) is 9.54. The highest BCUT2D eigenvalue weighted by Gasteiger charge is 2.06. The van der Waals surface area contributed by atoms with Crippen molar-refractivity contribution in [2.45, 2.75) is 20.0 Å². The van der Waals surface area contributed by atoms with E-state index in [0.29, 0.717) is 24.1 Å². The van der Waals surface area contributed by atoms with Gasteiger partial charge in [0.15, 0.2) is 0 Å². The molecule has 0 radical (unpaired) electrons. The first-order valence-electron chi connectivity index (χ1n) is 5.14. The second-order valence-electron chi connectivity index (χ2n) is 3.38. The molecule has 0 fully saturated rings. The summed E-state index contributed by atoms with van der Waals surface area (Å²) in [4.78, 5) is 11.3. The Bertz CT molecular complexity index is 363. The van der Waals surface area contributed by atoms with E-state index in [1.807, 2.05) is 19.1 Å². The van der Waals surface area contributed by atoms with Crippen LogP contribution in [0.1, 0.15) is 18.1 Å². The molecular formula is C12H15BrO3. The zero-order chi connectivity index (χ0) is 12.0. The number of hydrogen-bond donors (Lipinski definition) is 1. The maximum atomic E-state index is 11.3. The van der Waals surface area contributed by atoms with Gasteiger partial charge in [-0.3, -0.25) is 4.79 Å². The number of carbonyl (C=O) groups is 1. The van der Waals surface area contributed by atoms with E-state index >= 15 is 0 Å². The second-order valence-corrected chi connectivity index (χ2v) is 3.94. The molecule has 0 aromatic heterocycles. The van der Waals surface area contributed by atoms with Crippen LogP contribution in [-0.4, -0.2) is 22.8 Å². The molecule has 3 nitrogen and oxygen atoms in total. The van der Waals surface area contributed by atoms with Crippen molar-refractivity contribution < 1.29 is 14.6 Å². The van der Waals surface area contributed by atoms with E-state index in [1.54, 1.807) is 6.07 Å². The van der Waals surface area contributed by atoms with Crippen LogP contribution in [0, 0.1) is 0 Å². The predicted molar refractivity (Wildman–Crippen MR) is 66.0 cm³/mol. The van der Waals surface area contributed by atoms with Crippen molar-refractivity contribution in [2.24, 2.45) is 0 Å². The van der Waals surface area contributed by atoms with Gasteiger partial charge in [0.25, 0.3) is 0 Å². The molecule has 0 saturated carbocycles. The SMILES string of the molecule is CCOc1ccc(CC(=O)CBr)cc1CO. The highest BCUT2D eigenvalue weighted by Crippen LogP contribution is 2.20. The number of Topliss-reactive ketones (excluding diaryl/α,β-unsaturated/α-hetero) is 1. The van der Waals surface area contributed by atoms with Crippen molar-refractivity contribution in [2.75, 3.05) is 11.9 Å². The number of aliphatic hydroxyl groups excluding tert-OH is 1. The van der Waals surface area contributed by atoms with Crippen molar-refractivity contribution in [1.29, 1.82) is 0 Å². The fourth-order valence-corrected chi connectivity index (χ4v) is 1.64. The molecule has 0 amide bonds. The van der Waals surface area contributed by atoms with Gasteiger partial charge in [-0.1, -0.05) is 22.0 Å². The summed E-state index contributed by atoms with van der Waals surface area (Å²) in [5.41, 5.74) is 1.62.